The Balaban J connectivity index is 3.77. The van der Waals surface area contributed by atoms with Crippen LogP contribution in [-0.2, 0) is 4.79 Å². The summed E-state index contributed by atoms with van der Waals surface area (Å²) in [5.41, 5.74) is 16.1. The zero-order chi connectivity index (χ0) is 10.4. The van der Waals surface area contributed by atoms with Crippen molar-refractivity contribution in [1.82, 2.24) is 0 Å². The Bertz CT molecular complexity index is 211. The third kappa shape index (κ3) is 5.92. The van der Waals surface area contributed by atoms with Crippen LogP contribution in [0.4, 0.5) is 0 Å². The van der Waals surface area contributed by atoms with Gasteiger partial charge in [0.1, 0.15) is 0 Å². The number of carbonyl (C=O) groups is 1. The van der Waals surface area contributed by atoms with Crippen LogP contribution in [0.15, 0.2) is 0 Å². The van der Waals surface area contributed by atoms with E-state index in [-0.39, 0.29) is 18.4 Å². The normalized spacial score (nSPS) is 12.2. The Kier molecular flexibility index (Phi) is 4.83. The van der Waals surface area contributed by atoms with Crippen LogP contribution in [-0.4, -0.2) is 41.2 Å². The molecule has 0 aliphatic rings. The molecule has 0 aromatic heterocycles. The van der Waals surface area contributed by atoms with Gasteiger partial charge in [-0.2, -0.15) is 0 Å². The summed E-state index contributed by atoms with van der Waals surface area (Å²) in [6.45, 7) is 0.566. The zero-order valence-electron chi connectivity index (χ0n) is 7.73. The quantitative estimate of drug-likeness (QED) is 0.229. The first-order valence-electron chi connectivity index (χ1n) is 4.00. The fourth-order valence-corrected chi connectivity index (χ4v) is 0.815. The van der Waals surface area contributed by atoms with Crippen LogP contribution in [0.1, 0.15) is 12.8 Å². The van der Waals surface area contributed by atoms with Crippen molar-refractivity contribution < 1.29 is 14.5 Å². The van der Waals surface area contributed by atoms with Crippen LogP contribution in [0.25, 0.3) is 0 Å². The molecule has 7 N–H and O–H groups in total. The number of hydrogen-bond acceptors (Lipinski definition) is 2. The lowest BCUT2D eigenvalue weighted by atomic mass is 10.1. The molecular weight excluding hydrogens is 172 g/mol. The highest BCUT2D eigenvalue weighted by Gasteiger charge is 2.08. The van der Waals surface area contributed by atoms with E-state index in [1.807, 2.05) is 0 Å². The van der Waals surface area contributed by atoms with Gasteiger partial charge < -0.3 is 10.8 Å². The third-order valence-electron chi connectivity index (χ3n) is 1.71. The van der Waals surface area contributed by atoms with Crippen molar-refractivity contribution in [3.63, 3.8) is 0 Å². The standard InChI is InChI=1S/C7H16N4O2/c1-11(7(9)10)3-2-5(8)4-6(12)13/h5H,2-4,8H2,1H3,(H4,9,10,12,13)/p+1/t5-/m0/s1. The van der Waals surface area contributed by atoms with Crippen molar-refractivity contribution in [2.45, 2.75) is 18.9 Å². The first-order chi connectivity index (χ1) is 5.93. The predicted molar refractivity (Wildman–Crippen MR) is 49.3 cm³/mol. The molecule has 13 heavy (non-hydrogen) atoms. The van der Waals surface area contributed by atoms with Gasteiger partial charge in [-0.3, -0.25) is 20.8 Å². The smallest absolute Gasteiger partial charge is 0.340 e. The Morgan fingerprint density at radius 2 is 2.08 bits per heavy atom. The summed E-state index contributed by atoms with van der Waals surface area (Å²) in [7, 11) is 1.73. The van der Waals surface area contributed by atoms with Gasteiger partial charge in [-0.05, 0) is 6.42 Å². The van der Waals surface area contributed by atoms with E-state index in [9.17, 15) is 4.79 Å². The maximum Gasteiger partial charge on any atom is 0.340 e. The summed E-state index contributed by atoms with van der Waals surface area (Å²) >= 11 is 0. The highest BCUT2D eigenvalue weighted by atomic mass is 16.4. The molecule has 0 aromatic carbocycles. The summed E-state index contributed by atoms with van der Waals surface area (Å²) in [6.07, 6.45) is 0.527. The molecule has 0 aromatic rings. The molecule has 0 heterocycles. The van der Waals surface area contributed by atoms with Crippen LogP contribution in [0.5, 0.6) is 0 Å². The van der Waals surface area contributed by atoms with Crippen LogP contribution >= 0.6 is 0 Å². The second-order valence-corrected chi connectivity index (χ2v) is 2.99. The lowest BCUT2D eigenvalue weighted by Crippen LogP contribution is -2.36. The topological polar surface area (TPSA) is 118 Å². The monoisotopic (exact) mass is 189 g/mol. The Morgan fingerprint density at radius 1 is 1.54 bits per heavy atom. The predicted octanol–water partition coefficient (Wildman–Crippen LogP) is -1.91. The van der Waals surface area contributed by atoms with Crippen LogP contribution < -0.4 is 17.2 Å². The minimum absolute atomic E-state index is 0.0294. The van der Waals surface area contributed by atoms with Crippen LogP contribution in [0.3, 0.4) is 0 Å². The number of rotatable bonds is 5. The number of guanidine groups is 1. The minimum Gasteiger partial charge on any atom is -0.481 e. The number of nitrogens with zero attached hydrogens (tertiary/aromatic N) is 1. The van der Waals surface area contributed by atoms with Gasteiger partial charge in [0.25, 0.3) is 0 Å². The number of carboxylic acids is 1. The van der Waals surface area contributed by atoms with Crippen LogP contribution in [0, 0.1) is 0 Å². The molecule has 0 radical (unpaired) electrons. The molecule has 1 atom stereocenters. The van der Waals surface area contributed by atoms with Crippen LogP contribution in [0.2, 0.25) is 0 Å². The van der Waals surface area contributed by atoms with Gasteiger partial charge in [0.2, 0.25) is 0 Å². The Morgan fingerprint density at radius 3 is 2.46 bits per heavy atom. The molecule has 0 aliphatic heterocycles. The van der Waals surface area contributed by atoms with E-state index in [4.69, 9.17) is 22.3 Å². The van der Waals surface area contributed by atoms with Crippen molar-refractivity contribution in [2.75, 3.05) is 13.6 Å². The van der Waals surface area contributed by atoms with E-state index >= 15 is 0 Å². The highest BCUT2D eigenvalue weighted by molar-refractivity contribution is 5.70. The second kappa shape index (κ2) is 5.36. The molecular formula is C7H17N4O2+. The molecule has 0 aliphatic carbocycles. The lowest BCUT2D eigenvalue weighted by molar-refractivity contribution is -0.500. The molecule has 0 rings (SSSR count). The molecule has 0 amide bonds. The molecule has 0 spiro atoms. The van der Waals surface area contributed by atoms with E-state index in [1.54, 1.807) is 11.6 Å². The summed E-state index contributed by atoms with van der Waals surface area (Å²) in [6, 6.07) is -0.348. The van der Waals surface area contributed by atoms with Crippen molar-refractivity contribution in [1.29, 1.82) is 0 Å². The molecule has 0 saturated heterocycles. The molecule has 76 valence electrons. The first-order valence-corrected chi connectivity index (χ1v) is 4.00. The maximum absolute atomic E-state index is 10.2. The van der Waals surface area contributed by atoms with Gasteiger partial charge in [-0.1, -0.05) is 0 Å². The highest BCUT2D eigenvalue weighted by Crippen LogP contribution is 1.94. The summed E-state index contributed by atoms with van der Waals surface area (Å²) in [4.78, 5) is 10.2. The SMILES string of the molecule is C[N+](CC[C@H](N)CC(=O)O)=C(N)N. The minimum atomic E-state index is -0.889. The lowest BCUT2D eigenvalue weighted by Gasteiger charge is -2.08. The molecule has 6 nitrogen and oxygen atoms in total. The third-order valence-corrected chi connectivity index (χ3v) is 1.71. The molecule has 0 saturated carbocycles. The second-order valence-electron chi connectivity index (χ2n) is 2.99. The molecule has 0 bridgehead atoms. The molecule has 0 fully saturated rings. The number of nitrogens with two attached hydrogens (primary N) is 3. The van der Waals surface area contributed by atoms with Crippen molar-refractivity contribution >= 4 is 11.9 Å². The van der Waals surface area contributed by atoms with Crippen molar-refractivity contribution in [2.24, 2.45) is 17.2 Å². The van der Waals surface area contributed by atoms with E-state index in [0.29, 0.717) is 13.0 Å². The van der Waals surface area contributed by atoms with E-state index in [1.165, 1.54) is 0 Å². The fourth-order valence-electron chi connectivity index (χ4n) is 0.815. The summed E-state index contributed by atoms with van der Waals surface area (Å²) < 4.78 is 1.63. The Labute approximate surface area is 77.0 Å². The zero-order valence-corrected chi connectivity index (χ0v) is 7.73. The average Bonchev–Trinajstić information content (AvgIpc) is 1.98. The van der Waals surface area contributed by atoms with Gasteiger partial charge in [0.05, 0.1) is 20.0 Å². The summed E-state index contributed by atoms with van der Waals surface area (Å²) in [5.74, 6) is -0.678. The van der Waals surface area contributed by atoms with Crippen molar-refractivity contribution in [3.8, 4) is 0 Å². The number of aliphatic carboxylic acids is 1. The van der Waals surface area contributed by atoms with Crippen molar-refractivity contribution in [3.05, 3.63) is 0 Å². The maximum atomic E-state index is 10.2. The largest absolute Gasteiger partial charge is 0.481 e. The van der Waals surface area contributed by atoms with E-state index in [2.05, 4.69) is 0 Å². The number of hydrogen-bond donors (Lipinski definition) is 4. The Hall–Kier alpha value is -1.30. The van der Waals surface area contributed by atoms with Gasteiger partial charge in [-0.15, -0.1) is 0 Å². The van der Waals surface area contributed by atoms with E-state index in [0.717, 1.165) is 0 Å². The molecule has 0 unspecified atom stereocenters. The van der Waals surface area contributed by atoms with Gasteiger partial charge in [0, 0.05) is 6.04 Å². The van der Waals surface area contributed by atoms with Gasteiger partial charge in [0.15, 0.2) is 0 Å². The fraction of sp³-hybridized carbons (Fsp3) is 0.714. The summed E-state index contributed by atoms with van der Waals surface area (Å²) in [5, 5.41) is 8.41. The van der Waals surface area contributed by atoms with E-state index < -0.39 is 5.97 Å². The van der Waals surface area contributed by atoms with Gasteiger partial charge >= 0.3 is 11.9 Å². The number of carboxylic acid groups (broad SMARTS) is 1. The average molecular weight is 189 g/mol. The molecule has 6 heteroatoms. The van der Waals surface area contributed by atoms with Gasteiger partial charge in [-0.25, -0.2) is 0 Å². The first kappa shape index (κ1) is 11.7.